The summed E-state index contributed by atoms with van der Waals surface area (Å²) in [7, 11) is 4.60. The minimum atomic E-state index is -0.396. The average molecular weight is 369 g/mol. The zero-order valence-corrected chi connectivity index (χ0v) is 16.2. The number of ether oxygens (including phenoxy) is 4. The van der Waals surface area contributed by atoms with Crippen molar-refractivity contribution in [2.75, 3.05) is 21.3 Å². The molecule has 0 fully saturated rings. The van der Waals surface area contributed by atoms with Crippen molar-refractivity contribution in [2.24, 2.45) is 0 Å². The molecule has 1 aliphatic rings. The summed E-state index contributed by atoms with van der Waals surface area (Å²) >= 11 is 0. The summed E-state index contributed by atoms with van der Waals surface area (Å²) in [5.74, 6) is 1.96. The van der Waals surface area contributed by atoms with E-state index in [0.717, 1.165) is 5.56 Å². The maximum Gasteiger partial charge on any atom is 0.256 e. The lowest BCUT2D eigenvalue weighted by molar-refractivity contribution is 0.0988. The van der Waals surface area contributed by atoms with Crippen LogP contribution in [0.2, 0.25) is 0 Å². The number of carbonyl (C=O) groups excluding carboxylic acids is 1. The summed E-state index contributed by atoms with van der Waals surface area (Å²) in [6.45, 7) is 3.95. The fourth-order valence-electron chi connectivity index (χ4n) is 2.99. The lowest BCUT2D eigenvalue weighted by Gasteiger charge is -2.29. The third-order valence-electron chi connectivity index (χ3n) is 4.32. The summed E-state index contributed by atoms with van der Waals surface area (Å²) in [6, 6.07) is 7.02. The van der Waals surface area contributed by atoms with Gasteiger partial charge in [-0.3, -0.25) is 4.79 Å². The molecule has 27 heavy (non-hydrogen) atoms. The van der Waals surface area contributed by atoms with Gasteiger partial charge in [0.2, 0.25) is 0 Å². The van der Waals surface area contributed by atoms with Crippen LogP contribution in [0.4, 0.5) is 0 Å². The van der Waals surface area contributed by atoms with Crippen molar-refractivity contribution in [1.29, 1.82) is 0 Å². The van der Waals surface area contributed by atoms with E-state index in [1.165, 1.54) is 7.11 Å². The van der Waals surface area contributed by atoms with Crippen molar-refractivity contribution in [3.05, 3.63) is 47.2 Å². The molecule has 0 atom stereocenters. The number of carbonyl (C=O) groups is 1. The van der Waals surface area contributed by atoms with E-state index >= 15 is 0 Å². The van der Waals surface area contributed by atoms with Crippen molar-refractivity contribution in [1.82, 2.24) is 4.98 Å². The molecule has 0 amide bonds. The molecule has 0 bridgehead atoms. The van der Waals surface area contributed by atoms with E-state index in [1.54, 1.807) is 38.5 Å². The van der Waals surface area contributed by atoms with Crippen LogP contribution < -0.4 is 18.9 Å². The third-order valence-corrected chi connectivity index (χ3v) is 4.32. The van der Waals surface area contributed by atoms with E-state index in [1.807, 2.05) is 26.0 Å². The summed E-state index contributed by atoms with van der Waals surface area (Å²) in [5, 5.41) is 0. The molecule has 1 aliphatic heterocycles. The van der Waals surface area contributed by atoms with Gasteiger partial charge in [-0.1, -0.05) is 0 Å². The number of ketones is 1. The van der Waals surface area contributed by atoms with E-state index in [-0.39, 0.29) is 12.2 Å². The van der Waals surface area contributed by atoms with Crippen LogP contribution in [0.1, 0.15) is 35.5 Å². The predicted molar refractivity (Wildman–Crippen MR) is 102 cm³/mol. The molecule has 2 aromatic rings. The van der Waals surface area contributed by atoms with Gasteiger partial charge in [0.05, 0.1) is 44.6 Å². The first-order chi connectivity index (χ1) is 12.9. The number of methoxy groups -OCH3 is 3. The van der Waals surface area contributed by atoms with Crippen LogP contribution in [0, 0.1) is 0 Å². The van der Waals surface area contributed by atoms with Crippen molar-refractivity contribution in [2.45, 2.75) is 25.9 Å². The highest BCUT2D eigenvalue weighted by atomic mass is 16.5. The molecular weight excluding hydrogens is 346 g/mol. The molecule has 0 aliphatic carbocycles. The predicted octanol–water partition coefficient (Wildman–Crippen LogP) is 3.72. The van der Waals surface area contributed by atoms with E-state index in [4.69, 9.17) is 18.9 Å². The van der Waals surface area contributed by atoms with Gasteiger partial charge < -0.3 is 18.9 Å². The smallest absolute Gasteiger partial charge is 0.256 e. The van der Waals surface area contributed by atoms with E-state index < -0.39 is 5.60 Å². The number of pyridine rings is 1. The maximum absolute atomic E-state index is 12.9. The minimum Gasteiger partial charge on any atom is -0.495 e. The molecule has 1 aromatic heterocycles. The van der Waals surface area contributed by atoms with Crippen LogP contribution in [0.25, 0.3) is 6.08 Å². The Balaban J connectivity index is 1.92. The van der Waals surface area contributed by atoms with Gasteiger partial charge >= 0.3 is 0 Å². The Morgan fingerprint density at radius 3 is 2.52 bits per heavy atom. The lowest BCUT2D eigenvalue weighted by atomic mass is 9.97. The molecule has 142 valence electrons. The highest BCUT2D eigenvalue weighted by Gasteiger charge is 2.26. The monoisotopic (exact) mass is 369 g/mol. The first-order valence-electron chi connectivity index (χ1n) is 8.59. The number of hydrogen-bond donors (Lipinski definition) is 0. The molecule has 2 heterocycles. The molecule has 0 N–H and O–H groups in total. The van der Waals surface area contributed by atoms with Crippen LogP contribution in [-0.2, 0) is 6.42 Å². The van der Waals surface area contributed by atoms with Crippen LogP contribution in [0.15, 0.2) is 30.3 Å². The molecule has 0 unspecified atom stereocenters. The number of Topliss-reactive ketones (excluding diaryl/α,β-unsaturated/α-hetero) is 1. The van der Waals surface area contributed by atoms with Crippen molar-refractivity contribution >= 4 is 11.9 Å². The highest BCUT2D eigenvalue weighted by molar-refractivity contribution is 6.01. The van der Waals surface area contributed by atoms with Gasteiger partial charge in [0, 0.05) is 0 Å². The Kier molecular flexibility index (Phi) is 5.08. The average Bonchev–Trinajstić information content (AvgIpc) is 2.65. The zero-order chi connectivity index (χ0) is 19.6. The molecule has 3 rings (SSSR count). The number of benzene rings is 1. The second-order valence-corrected chi connectivity index (χ2v) is 6.71. The van der Waals surface area contributed by atoms with Gasteiger partial charge in [0.25, 0.3) is 5.88 Å². The van der Waals surface area contributed by atoms with Gasteiger partial charge in [-0.05, 0) is 50.3 Å². The van der Waals surface area contributed by atoms with Crippen LogP contribution in [-0.4, -0.2) is 37.7 Å². The van der Waals surface area contributed by atoms with Gasteiger partial charge in [0.15, 0.2) is 11.5 Å². The SMILES string of the molecule is COc1ccc(CC(=O)c2ccc3c(c2OC)C=CC(C)(C)O3)nc1OC. The standard InChI is InChI=1S/C21H23NO5/c1-21(2)11-10-15-17(27-21)9-7-14(19(15)25-4)16(23)12-13-6-8-18(24-3)20(22-13)26-5/h6-11H,12H2,1-5H3. The molecule has 0 saturated heterocycles. The zero-order valence-electron chi connectivity index (χ0n) is 16.2. The Morgan fingerprint density at radius 2 is 1.85 bits per heavy atom. The Hall–Kier alpha value is -3.02. The van der Waals surface area contributed by atoms with Gasteiger partial charge in [0.1, 0.15) is 17.1 Å². The first-order valence-corrected chi connectivity index (χ1v) is 8.59. The second kappa shape index (κ2) is 7.31. The number of rotatable bonds is 6. The Morgan fingerprint density at radius 1 is 1.07 bits per heavy atom. The van der Waals surface area contributed by atoms with Crippen LogP contribution in [0.5, 0.6) is 23.1 Å². The molecule has 0 radical (unpaired) electrons. The molecular formula is C21H23NO5. The first kappa shape index (κ1) is 18.8. The summed E-state index contributed by atoms with van der Waals surface area (Å²) < 4.78 is 21.9. The fourth-order valence-corrected chi connectivity index (χ4v) is 2.99. The molecule has 6 heteroatoms. The van der Waals surface area contributed by atoms with Crippen LogP contribution in [0.3, 0.4) is 0 Å². The summed E-state index contributed by atoms with van der Waals surface area (Å²) in [4.78, 5) is 17.2. The maximum atomic E-state index is 12.9. The van der Waals surface area contributed by atoms with Gasteiger partial charge in [-0.2, -0.15) is 0 Å². The fraction of sp³-hybridized carbons (Fsp3) is 0.333. The normalized spacial score (nSPS) is 14.1. The number of nitrogens with zero attached hydrogens (tertiary/aromatic N) is 1. The Bertz CT molecular complexity index is 902. The van der Waals surface area contributed by atoms with Gasteiger partial charge in [-0.15, -0.1) is 0 Å². The lowest BCUT2D eigenvalue weighted by Crippen LogP contribution is -2.27. The van der Waals surface area contributed by atoms with Crippen LogP contribution >= 0.6 is 0 Å². The number of aromatic nitrogens is 1. The number of hydrogen-bond acceptors (Lipinski definition) is 6. The summed E-state index contributed by atoms with van der Waals surface area (Å²) in [5.41, 5.74) is 1.45. The molecule has 6 nitrogen and oxygen atoms in total. The summed E-state index contributed by atoms with van der Waals surface area (Å²) in [6.07, 6.45) is 4.00. The Labute approximate surface area is 158 Å². The van der Waals surface area contributed by atoms with E-state index in [9.17, 15) is 4.79 Å². The van der Waals surface area contributed by atoms with Crippen molar-refractivity contribution < 1.29 is 23.7 Å². The second-order valence-electron chi connectivity index (χ2n) is 6.71. The van der Waals surface area contributed by atoms with Crippen molar-refractivity contribution in [3.8, 4) is 23.1 Å². The number of fused-ring (bicyclic) bond motifs is 1. The largest absolute Gasteiger partial charge is 0.495 e. The van der Waals surface area contributed by atoms with E-state index in [2.05, 4.69) is 4.98 Å². The molecule has 0 saturated carbocycles. The minimum absolute atomic E-state index is 0.104. The van der Waals surface area contributed by atoms with Crippen molar-refractivity contribution in [3.63, 3.8) is 0 Å². The molecule has 0 spiro atoms. The van der Waals surface area contributed by atoms with E-state index in [0.29, 0.717) is 34.4 Å². The molecule has 1 aromatic carbocycles. The van der Waals surface area contributed by atoms with Gasteiger partial charge in [-0.25, -0.2) is 4.98 Å². The topological polar surface area (TPSA) is 66.9 Å². The highest BCUT2D eigenvalue weighted by Crippen LogP contribution is 2.39. The third kappa shape index (κ3) is 3.74. The quantitative estimate of drug-likeness (QED) is 0.723.